The molecule has 2 aromatic heterocycles. The third-order valence-electron chi connectivity index (χ3n) is 6.24. The summed E-state index contributed by atoms with van der Waals surface area (Å²) in [6.45, 7) is 0.447. The van der Waals surface area contributed by atoms with Crippen LogP contribution in [-0.2, 0) is 6.54 Å². The molecule has 0 spiro atoms. The molecule has 0 saturated carbocycles. The maximum absolute atomic E-state index is 13.5. The van der Waals surface area contributed by atoms with Crippen LogP contribution < -0.4 is 30.0 Å². The van der Waals surface area contributed by atoms with Gasteiger partial charge in [0.1, 0.15) is 16.9 Å². The molecule has 10 nitrogen and oxygen atoms in total. The Morgan fingerprint density at radius 2 is 1.73 bits per heavy atom. The molecule has 1 aliphatic heterocycles. The van der Waals surface area contributed by atoms with Crippen LogP contribution in [0.1, 0.15) is 15.9 Å². The number of anilines is 1. The van der Waals surface area contributed by atoms with Crippen LogP contribution in [0.5, 0.6) is 23.0 Å². The normalized spacial score (nSPS) is 12.2. The van der Waals surface area contributed by atoms with Crippen molar-refractivity contribution in [1.82, 2.24) is 19.9 Å². The van der Waals surface area contributed by atoms with Crippen molar-refractivity contribution in [1.29, 1.82) is 0 Å². The van der Waals surface area contributed by atoms with E-state index >= 15 is 0 Å². The topological polar surface area (TPSA) is 123 Å². The van der Waals surface area contributed by atoms with E-state index in [1.165, 1.54) is 0 Å². The number of methoxy groups -OCH3 is 2. The number of nitrogens with two attached hydrogens (primary N) is 1. The Hall–Kier alpha value is -4.99. The highest BCUT2D eigenvalue weighted by molar-refractivity contribution is 6.11. The van der Waals surface area contributed by atoms with Crippen LogP contribution in [0.15, 0.2) is 60.7 Å². The van der Waals surface area contributed by atoms with Crippen LogP contribution >= 0.6 is 0 Å². The number of aromatic nitrogens is 3. The first-order valence-corrected chi connectivity index (χ1v) is 11.5. The molecule has 0 radical (unpaired) electrons. The number of carbonyl (C=O) groups is 1. The Bertz CT molecular complexity index is 1680. The van der Waals surface area contributed by atoms with Gasteiger partial charge in [0.25, 0.3) is 5.91 Å². The van der Waals surface area contributed by atoms with Crippen LogP contribution in [0.25, 0.3) is 27.9 Å². The molecule has 0 fully saturated rings. The highest BCUT2D eigenvalue weighted by Gasteiger charge is 2.25. The van der Waals surface area contributed by atoms with E-state index in [-0.39, 0.29) is 30.6 Å². The first kappa shape index (κ1) is 22.5. The molecular weight excluding hydrogens is 474 g/mol. The lowest BCUT2D eigenvalue weighted by atomic mass is 10.2. The van der Waals surface area contributed by atoms with E-state index in [1.54, 1.807) is 30.9 Å². The fraction of sp³-hybridized carbons (Fsp3) is 0.148. The van der Waals surface area contributed by atoms with Gasteiger partial charge in [0.15, 0.2) is 28.6 Å². The van der Waals surface area contributed by atoms with E-state index < -0.39 is 0 Å². The van der Waals surface area contributed by atoms with Crippen molar-refractivity contribution in [3.63, 3.8) is 0 Å². The molecule has 10 heteroatoms. The maximum Gasteiger partial charge on any atom is 0.257 e. The number of nitrogen functional groups attached to an aromatic ring is 1. The molecule has 5 aromatic rings. The van der Waals surface area contributed by atoms with Gasteiger partial charge in [0.2, 0.25) is 6.79 Å². The number of ether oxygens (including phenoxy) is 4. The minimum atomic E-state index is -0.371. The SMILES string of the molecule is COc1ccc(-n2c(N)c(C(=O)NCc3ccc4c(c3)OCO4)c3nc4ccccc4nc32)cc1OC. The van der Waals surface area contributed by atoms with E-state index in [9.17, 15) is 4.79 Å². The van der Waals surface area contributed by atoms with E-state index in [1.807, 2.05) is 48.5 Å². The minimum absolute atomic E-state index is 0.184. The molecule has 37 heavy (non-hydrogen) atoms. The van der Waals surface area contributed by atoms with E-state index in [0.717, 1.165) is 5.56 Å². The van der Waals surface area contributed by atoms with Gasteiger partial charge in [-0.3, -0.25) is 9.36 Å². The number of nitrogens with one attached hydrogen (secondary N) is 1. The number of nitrogens with zero attached hydrogens (tertiary/aromatic N) is 3. The summed E-state index contributed by atoms with van der Waals surface area (Å²) in [6.07, 6.45) is 0. The van der Waals surface area contributed by atoms with Crippen LogP contribution in [0.2, 0.25) is 0 Å². The number of carbonyl (C=O) groups excluding carboxylic acids is 1. The Morgan fingerprint density at radius 3 is 2.51 bits per heavy atom. The highest BCUT2D eigenvalue weighted by atomic mass is 16.7. The summed E-state index contributed by atoms with van der Waals surface area (Å²) in [6, 6.07) is 18.4. The number of fused-ring (bicyclic) bond motifs is 3. The van der Waals surface area contributed by atoms with Crippen molar-refractivity contribution in [2.24, 2.45) is 0 Å². The van der Waals surface area contributed by atoms with Gasteiger partial charge in [-0.1, -0.05) is 18.2 Å². The van der Waals surface area contributed by atoms with Gasteiger partial charge < -0.3 is 30.0 Å². The smallest absolute Gasteiger partial charge is 0.257 e. The van der Waals surface area contributed by atoms with Crippen molar-refractivity contribution < 1.29 is 23.7 Å². The number of amides is 1. The van der Waals surface area contributed by atoms with Crippen LogP contribution in [-0.4, -0.2) is 41.5 Å². The third kappa shape index (κ3) is 3.79. The second kappa shape index (κ2) is 8.90. The summed E-state index contributed by atoms with van der Waals surface area (Å²) < 4.78 is 23.4. The monoisotopic (exact) mass is 497 g/mol. The summed E-state index contributed by atoms with van der Waals surface area (Å²) in [4.78, 5) is 23.1. The van der Waals surface area contributed by atoms with E-state index in [0.29, 0.717) is 50.9 Å². The van der Waals surface area contributed by atoms with Gasteiger partial charge >= 0.3 is 0 Å². The molecular formula is C27H23N5O5. The lowest BCUT2D eigenvalue weighted by Gasteiger charge is -2.12. The molecule has 0 saturated heterocycles. The molecule has 6 rings (SSSR count). The lowest BCUT2D eigenvalue weighted by Crippen LogP contribution is -2.24. The summed E-state index contributed by atoms with van der Waals surface area (Å²) in [5, 5.41) is 2.95. The molecule has 0 atom stereocenters. The molecule has 186 valence electrons. The zero-order valence-corrected chi connectivity index (χ0v) is 20.1. The zero-order valence-electron chi connectivity index (χ0n) is 20.1. The molecule has 0 aliphatic carbocycles. The average Bonchev–Trinajstić information content (AvgIpc) is 3.51. The number of benzene rings is 3. The quantitative estimate of drug-likeness (QED) is 0.363. The minimum Gasteiger partial charge on any atom is -0.493 e. The third-order valence-corrected chi connectivity index (χ3v) is 6.24. The van der Waals surface area contributed by atoms with Gasteiger partial charge in [-0.25, -0.2) is 9.97 Å². The van der Waals surface area contributed by atoms with Gasteiger partial charge in [-0.15, -0.1) is 0 Å². The Kier molecular flexibility index (Phi) is 5.41. The number of rotatable bonds is 6. The zero-order chi connectivity index (χ0) is 25.5. The molecule has 0 bridgehead atoms. The van der Waals surface area contributed by atoms with Crippen LogP contribution in [0.4, 0.5) is 5.82 Å². The average molecular weight is 498 g/mol. The first-order valence-electron chi connectivity index (χ1n) is 11.5. The predicted octanol–water partition coefficient (Wildman–Crippen LogP) is 3.83. The largest absolute Gasteiger partial charge is 0.493 e. The first-order chi connectivity index (χ1) is 18.1. The molecule has 3 heterocycles. The maximum atomic E-state index is 13.5. The summed E-state index contributed by atoms with van der Waals surface area (Å²) >= 11 is 0. The molecule has 1 amide bonds. The molecule has 3 N–H and O–H groups in total. The summed E-state index contributed by atoms with van der Waals surface area (Å²) in [5.74, 6) is 2.25. The van der Waals surface area contributed by atoms with Crippen molar-refractivity contribution in [2.75, 3.05) is 26.7 Å². The molecule has 0 unspecified atom stereocenters. The van der Waals surface area contributed by atoms with Gasteiger partial charge in [0.05, 0.1) is 30.9 Å². The Morgan fingerprint density at radius 1 is 0.973 bits per heavy atom. The van der Waals surface area contributed by atoms with Crippen molar-refractivity contribution in [3.8, 4) is 28.7 Å². The standard InChI is InChI=1S/C27H23N5O5/c1-34-19-10-8-16(12-21(19)35-2)32-25(28)23(24-26(32)31-18-6-4-3-5-17(18)30-24)27(33)29-13-15-7-9-20-22(11-15)37-14-36-20/h3-12H,13-14,28H2,1-2H3,(H,29,33). The van der Waals surface area contributed by atoms with Crippen molar-refractivity contribution in [2.45, 2.75) is 6.54 Å². The van der Waals surface area contributed by atoms with Crippen LogP contribution in [0, 0.1) is 0 Å². The van der Waals surface area contributed by atoms with Gasteiger partial charge in [0, 0.05) is 12.6 Å². The van der Waals surface area contributed by atoms with Crippen LogP contribution in [0.3, 0.4) is 0 Å². The molecule has 1 aliphatic rings. The fourth-order valence-electron chi connectivity index (χ4n) is 4.43. The second-order valence-electron chi connectivity index (χ2n) is 8.39. The van der Waals surface area contributed by atoms with Crippen molar-refractivity contribution >= 4 is 33.9 Å². The number of para-hydroxylation sites is 2. The summed E-state index contributed by atoms with van der Waals surface area (Å²) in [7, 11) is 3.12. The highest BCUT2D eigenvalue weighted by Crippen LogP contribution is 2.35. The number of hydrogen-bond donors (Lipinski definition) is 2. The van der Waals surface area contributed by atoms with Crippen molar-refractivity contribution in [3.05, 3.63) is 71.8 Å². The Labute approximate surface area is 211 Å². The number of hydrogen-bond acceptors (Lipinski definition) is 8. The van der Waals surface area contributed by atoms with Gasteiger partial charge in [-0.05, 0) is 42.0 Å². The molecule has 3 aromatic carbocycles. The van der Waals surface area contributed by atoms with E-state index in [4.69, 9.17) is 34.6 Å². The fourth-order valence-corrected chi connectivity index (χ4v) is 4.43. The van der Waals surface area contributed by atoms with E-state index in [2.05, 4.69) is 5.32 Å². The predicted molar refractivity (Wildman–Crippen MR) is 138 cm³/mol. The summed E-state index contributed by atoms with van der Waals surface area (Å²) in [5.41, 5.74) is 10.6. The Balaban J connectivity index is 1.45. The lowest BCUT2D eigenvalue weighted by molar-refractivity contribution is 0.0953. The second-order valence-corrected chi connectivity index (χ2v) is 8.39. The van der Waals surface area contributed by atoms with Gasteiger partial charge in [-0.2, -0.15) is 0 Å².